The molecule has 194 valence electrons. The predicted molar refractivity (Wildman–Crippen MR) is 138 cm³/mol. The third-order valence-electron chi connectivity index (χ3n) is 6.12. The highest BCUT2D eigenvalue weighted by molar-refractivity contribution is 8.14. The fourth-order valence-corrected chi connectivity index (χ4v) is 5.34. The lowest BCUT2D eigenvalue weighted by Crippen LogP contribution is -2.43. The number of carbonyl (C=O) groups is 3. The molecule has 2 aliphatic rings. The summed E-state index contributed by atoms with van der Waals surface area (Å²) in [6, 6.07) is 7.59. The number of likely N-dealkylation sites (tertiary alicyclic amines) is 1. The minimum atomic E-state index is -0.661. The molecule has 2 fully saturated rings. The molecule has 1 saturated carbocycles. The summed E-state index contributed by atoms with van der Waals surface area (Å²) in [6.45, 7) is 2.53. The molecule has 11 heteroatoms. The fourth-order valence-electron chi connectivity index (χ4n) is 4.42. The minimum absolute atomic E-state index is 0. The van der Waals surface area contributed by atoms with Gasteiger partial charge in [-0.1, -0.05) is 30.0 Å². The molecule has 1 aliphatic carbocycles. The van der Waals surface area contributed by atoms with Crippen molar-refractivity contribution >= 4 is 47.1 Å². The largest absolute Gasteiger partial charge is 0.297 e. The topological polar surface area (TPSA) is 93.5 Å². The van der Waals surface area contributed by atoms with Crippen molar-refractivity contribution in [1.29, 1.82) is 0 Å². The molecule has 1 amide bonds. The lowest BCUT2D eigenvalue weighted by Gasteiger charge is -2.38. The molecule has 36 heavy (non-hydrogen) atoms. The van der Waals surface area contributed by atoms with Crippen LogP contribution in [0, 0.1) is 11.7 Å². The van der Waals surface area contributed by atoms with Gasteiger partial charge < -0.3 is 0 Å². The summed E-state index contributed by atoms with van der Waals surface area (Å²) in [5.74, 6) is -0.689. The Labute approximate surface area is 220 Å². The third kappa shape index (κ3) is 7.03. The van der Waals surface area contributed by atoms with E-state index in [1.165, 1.54) is 36.5 Å². The second-order valence-electron chi connectivity index (χ2n) is 8.84. The van der Waals surface area contributed by atoms with E-state index in [0.29, 0.717) is 30.8 Å². The number of nitrogens with one attached hydrogen (secondary N) is 1. The number of benzene rings is 1. The first-order valence-electron chi connectivity index (χ1n) is 11.6. The van der Waals surface area contributed by atoms with E-state index in [0.717, 1.165) is 18.4 Å². The molecule has 2 heterocycles. The third-order valence-corrected chi connectivity index (χ3v) is 7.27. The normalized spacial score (nSPS) is 20.0. The van der Waals surface area contributed by atoms with Crippen LogP contribution >= 0.6 is 24.2 Å². The van der Waals surface area contributed by atoms with Crippen molar-refractivity contribution in [3.05, 3.63) is 59.2 Å². The summed E-state index contributed by atoms with van der Waals surface area (Å²) >= 11 is 1.26. The number of rotatable bonds is 9. The van der Waals surface area contributed by atoms with Gasteiger partial charge in [0.1, 0.15) is 12.4 Å². The number of amides is 1. The highest BCUT2D eigenvalue weighted by Gasteiger charge is 2.41. The van der Waals surface area contributed by atoms with Crippen LogP contribution < -0.4 is 5.48 Å². The van der Waals surface area contributed by atoms with Crippen LogP contribution in [-0.4, -0.2) is 56.9 Å². The second kappa shape index (κ2) is 12.6. The molecular formula is C25H30ClFN4O4S. The van der Waals surface area contributed by atoms with Gasteiger partial charge in [-0.3, -0.25) is 28.8 Å². The van der Waals surface area contributed by atoms with Crippen LogP contribution in [-0.2, 0) is 25.8 Å². The number of halogens is 2. The van der Waals surface area contributed by atoms with Gasteiger partial charge in [-0.2, -0.15) is 5.10 Å². The van der Waals surface area contributed by atoms with Gasteiger partial charge in [0.05, 0.1) is 18.8 Å². The number of ketones is 1. The van der Waals surface area contributed by atoms with E-state index >= 15 is 0 Å². The van der Waals surface area contributed by atoms with Gasteiger partial charge in [0.15, 0.2) is 10.9 Å². The maximum absolute atomic E-state index is 14.8. The molecule has 4 rings (SSSR count). The van der Waals surface area contributed by atoms with Crippen LogP contribution in [0.1, 0.15) is 43.5 Å². The summed E-state index contributed by atoms with van der Waals surface area (Å²) in [7, 11) is 1.36. The van der Waals surface area contributed by atoms with Gasteiger partial charge >= 0.3 is 0 Å². The zero-order valence-electron chi connectivity index (χ0n) is 20.2. The quantitative estimate of drug-likeness (QED) is 0.490. The molecule has 1 aromatic heterocycles. The summed E-state index contributed by atoms with van der Waals surface area (Å²) in [5, 5.41) is 4.38. The van der Waals surface area contributed by atoms with Gasteiger partial charge in [0.25, 0.3) is 5.91 Å². The van der Waals surface area contributed by atoms with Crippen LogP contribution in [0.15, 0.2) is 42.1 Å². The van der Waals surface area contributed by atoms with E-state index in [2.05, 4.69) is 15.4 Å². The van der Waals surface area contributed by atoms with Crippen LogP contribution in [0.25, 0.3) is 6.08 Å². The predicted octanol–water partition coefficient (Wildman–Crippen LogP) is 3.58. The number of piperidine rings is 1. The molecule has 1 aromatic carbocycles. The Kier molecular flexibility index (Phi) is 9.84. The number of thioether (sulfide) groups is 1. The Morgan fingerprint density at radius 1 is 1.25 bits per heavy atom. The van der Waals surface area contributed by atoms with Crippen LogP contribution in [0.5, 0.6) is 0 Å². The van der Waals surface area contributed by atoms with Gasteiger partial charge in [-0.05, 0) is 43.0 Å². The van der Waals surface area contributed by atoms with E-state index in [9.17, 15) is 18.8 Å². The number of hydrogen-bond donors (Lipinski definition) is 1. The lowest BCUT2D eigenvalue weighted by atomic mass is 9.93. The Bertz CT molecular complexity index is 1140. The van der Waals surface area contributed by atoms with Crippen LogP contribution in [0.4, 0.5) is 4.39 Å². The molecular weight excluding hydrogens is 507 g/mol. The molecule has 8 nitrogen and oxygen atoms in total. The molecule has 2 unspecified atom stereocenters. The van der Waals surface area contributed by atoms with Crippen molar-refractivity contribution in [2.75, 3.05) is 20.2 Å². The molecule has 1 saturated heterocycles. The SMILES string of the molecule is CONC(=O)Cn1ccc(/C=C2/CN(C(C(=O)C3CC3)c3ccccc3F)CCC2SC(C)=O)n1.Cl. The summed E-state index contributed by atoms with van der Waals surface area (Å²) in [6.07, 6.45) is 5.93. The summed E-state index contributed by atoms with van der Waals surface area (Å²) in [4.78, 5) is 43.6. The summed E-state index contributed by atoms with van der Waals surface area (Å²) in [5.41, 5.74) is 4.22. The number of aromatic nitrogens is 2. The van der Waals surface area contributed by atoms with E-state index < -0.39 is 6.04 Å². The highest BCUT2D eigenvalue weighted by Crippen LogP contribution is 2.40. The first-order valence-corrected chi connectivity index (χ1v) is 12.5. The first kappa shape index (κ1) is 28.0. The van der Waals surface area contributed by atoms with E-state index in [4.69, 9.17) is 0 Å². The highest BCUT2D eigenvalue weighted by atomic mass is 35.5. The van der Waals surface area contributed by atoms with Gasteiger partial charge in [0, 0.05) is 42.9 Å². The average molecular weight is 537 g/mol. The Morgan fingerprint density at radius 2 is 2.00 bits per heavy atom. The summed E-state index contributed by atoms with van der Waals surface area (Å²) < 4.78 is 16.3. The van der Waals surface area contributed by atoms with Crippen molar-refractivity contribution in [3.63, 3.8) is 0 Å². The smallest absolute Gasteiger partial charge is 0.265 e. The molecule has 0 bridgehead atoms. The van der Waals surface area contributed by atoms with Crippen molar-refractivity contribution in [2.45, 2.75) is 44.0 Å². The minimum Gasteiger partial charge on any atom is -0.297 e. The first-order chi connectivity index (χ1) is 16.9. The van der Waals surface area contributed by atoms with Gasteiger partial charge in [-0.15, -0.1) is 12.4 Å². The van der Waals surface area contributed by atoms with E-state index in [-0.39, 0.29) is 52.7 Å². The standard InChI is InChI=1S/C25H29FN4O4S.ClH/c1-16(31)35-22-10-11-29(24(25(33)17-7-8-17)20-5-3-4-6-21(20)26)14-18(22)13-19-9-12-30(27-19)15-23(32)28-34-2;/h3-6,9,12-13,17,22,24H,7-8,10-11,14-15H2,1-2H3,(H,28,32);1H/b18-13-;. The molecule has 1 aliphatic heterocycles. The Balaban J connectivity index is 0.00000361. The van der Waals surface area contributed by atoms with Gasteiger partial charge in [0.2, 0.25) is 0 Å². The number of carbonyl (C=O) groups excluding carboxylic acids is 3. The van der Waals surface area contributed by atoms with E-state index in [1.54, 1.807) is 30.5 Å². The maximum Gasteiger partial charge on any atom is 0.265 e. The molecule has 0 radical (unpaired) electrons. The zero-order chi connectivity index (χ0) is 24.9. The van der Waals surface area contributed by atoms with E-state index in [1.807, 2.05) is 11.0 Å². The molecule has 2 atom stereocenters. The lowest BCUT2D eigenvalue weighted by molar-refractivity contribution is -0.132. The van der Waals surface area contributed by atoms with Crippen molar-refractivity contribution in [1.82, 2.24) is 20.2 Å². The zero-order valence-corrected chi connectivity index (χ0v) is 21.8. The van der Waals surface area contributed by atoms with Crippen LogP contribution in [0.2, 0.25) is 0 Å². The number of hydrogen-bond acceptors (Lipinski definition) is 7. The Hall–Kier alpha value is -2.53. The van der Waals surface area contributed by atoms with Crippen molar-refractivity contribution in [3.8, 4) is 0 Å². The molecule has 0 spiro atoms. The maximum atomic E-state index is 14.8. The van der Waals surface area contributed by atoms with Crippen LogP contribution in [0.3, 0.4) is 0 Å². The van der Waals surface area contributed by atoms with Gasteiger partial charge in [-0.25, -0.2) is 9.87 Å². The number of Topliss-reactive ketones (excluding diaryl/α,β-unsaturated/α-hetero) is 1. The monoisotopic (exact) mass is 536 g/mol. The average Bonchev–Trinajstić information content (AvgIpc) is 3.58. The van der Waals surface area contributed by atoms with Crippen molar-refractivity contribution < 1.29 is 23.6 Å². The fraction of sp³-hybridized carbons (Fsp3) is 0.440. The number of hydroxylamine groups is 1. The number of nitrogens with zero attached hydrogens (tertiary/aromatic N) is 3. The molecule has 2 aromatic rings. The Morgan fingerprint density at radius 3 is 2.67 bits per heavy atom. The second-order valence-corrected chi connectivity index (χ2v) is 10.2. The van der Waals surface area contributed by atoms with Crippen molar-refractivity contribution in [2.24, 2.45) is 5.92 Å². The molecule has 1 N–H and O–H groups in total.